The van der Waals surface area contributed by atoms with E-state index in [1.54, 1.807) is 0 Å². The Morgan fingerprint density at radius 2 is 2.10 bits per heavy atom. The molecule has 2 unspecified atom stereocenters. The van der Waals surface area contributed by atoms with Crippen LogP contribution in [0.15, 0.2) is 18.3 Å². The number of piperazine rings is 1. The van der Waals surface area contributed by atoms with Crippen LogP contribution in [0.4, 0.5) is 18.9 Å². The zero-order valence-corrected chi connectivity index (χ0v) is 12.6. The number of hydrogen-bond donors (Lipinski definition) is 1. The highest BCUT2D eigenvalue weighted by atomic mass is 19.4. The van der Waals surface area contributed by atoms with Crippen LogP contribution < -0.4 is 10.2 Å². The van der Waals surface area contributed by atoms with E-state index >= 15 is 0 Å². The maximum atomic E-state index is 12.6. The number of nitrogens with zero attached hydrogens (tertiary/aromatic N) is 2. The zero-order chi connectivity index (χ0) is 15.6. The molecule has 2 atom stereocenters. The van der Waals surface area contributed by atoms with Gasteiger partial charge < -0.3 is 10.2 Å². The lowest BCUT2D eigenvalue weighted by Gasteiger charge is -2.40. The van der Waals surface area contributed by atoms with Crippen LogP contribution in [-0.4, -0.2) is 30.2 Å². The maximum absolute atomic E-state index is 12.6. The van der Waals surface area contributed by atoms with Crippen molar-refractivity contribution in [1.82, 2.24) is 10.3 Å². The third kappa shape index (κ3) is 4.09. The van der Waals surface area contributed by atoms with E-state index in [0.29, 0.717) is 12.0 Å². The average molecular weight is 301 g/mol. The molecule has 118 valence electrons. The number of pyridine rings is 1. The number of rotatable bonds is 3. The summed E-state index contributed by atoms with van der Waals surface area (Å²) >= 11 is 0. The minimum Gasteiger partial charge on any atom is -0.365 e. The summed E-state index contributed by atoms with van der Waals surface area (Å²) in [6, 6.07) is 3.18. The number of hydrogen-bond acceptors (Lipinski definition) is 3. The first kappa shape index (κ1) is 16.1. The molecule has 6 heteroatoms. The number of anilines is 1. The Morgan fingerprint density at radius 1 is 1.38 bits per heavy atom. The molecule has 1 aromatic heterocycles. The lowest BCUT2D eigenvalue weighted by atomic mass is 10.00. The second kappa shape index (κ2) is 6.22. The van der Waals surface area contributed by atoms with Gasteiger partial charge in [0.25, 0.3) is 0 Å². The van der Waals surface area contributed by atoms with E-state index < -0.39 is 11.9 Å². The molecule has 1 aliphatic heterocycles. The van der Waals surface area contributed by atoms with E-state index in [2.05, 4.69) is 36.0 Å². The second-order valence-electron chi connectivity index (χ2n) is 6.14. The number of aromatic nitrogens is 1. The zero-order valence-electron chi connectivity index (χ0n) is 12.6. The Morgan fingerprint density at radius 3 is 2.62 bits per heavy atom. The molecule has 1 aliphatic rings. The molecule has 0 aliphatic carbocycles. The molecule has 0 bridgehead atoms. The van der Waals surface area contributed by atoms with E-state index in [1.165, 1.54) is 12.3 Å². The van der Waals surface area contributed by atoms with Crippen molar-refractivity contribution >= 4 is 5.69 Å². The normalized spacial score (nSPS) is 23.7. The van der Waals surface area contributed by atoms with Gasteiger partial charge in [0.1, 0.15) is 5.69 Å². The SMILES string of the molecule is CC(C)CC1CN(c2ccc(C(F)(F)F)nc2)C(C)CN1. The van der Waals surface area contributed by atoms with Gasteiger partial charge in [-0.2, -0.15) is 13.2 Å². The van der Waals surface area contributed by atoms with Gasteiger partial charge in [-0.05, 0) is 31.4 Å². The second-order valence-corrected chi connectivity index (χ2v) is 6.14. The van der Waals surface area contributed by atoms with Crippen molar-refractivity contribution < 1.29 is 13.2 Å². The highest BCUT2D eigenvalue weighted by Gasteiger charge is 2.33. The number of alkyl halides is 3. The first-order valence-corrected chi connectivity index (χ1v) is 7.30. The van der Waals surface area contributed by atoms with Gasteiger partial charge in [-0.15, -0.1) is 0 Å². The predicted molar refractivity (Wildman–Crippen MR) is 77.3 cm³/mol. The van der Waals surface area contributed by atoms with Gasteiger partial charge in [0.2, 0.25) is 0 Å². The monoisotopic (exact) mass is 301 g/mol. The predicted octanol–water partition coefficient (Wildman–Crippen LogP) is 3.31. The molecule has 2 heterocycles. The van der Waals surface area contributed by atoms with E-state index in [4.69, 9.17) is 0 Å². The molecule has 0 amide bonds. The fraction of sp³-hybridized carbons (Fsp3) is 0.667. The van der Waals surface area contributed by atoms with E-state index in [1.807, 2.05) is 0 Å². The molecule has 0 aromatic carbocycles. The van der Waals surface area contributed by atoms with Gasteiger partial charge >= 0.3 is 6.18 Å². The lowest BCUT2D eigenvalue weighted by Crippen LogP contribution is -2.56. The van der Waals surface area contributed by atoms with Crippen molar-refractivity contribution in [2.24, 2.45) is 5.92 Å². The minimum atomic E-state index is -4.38. The molecular formula is C15H22F3N3. The molecule has 1 aromatic rings. The third-order valence-electron chi connectivity index (χ3n) is 3.78. The van der Waals surface area contributed by atoms with Crippen LogP contribution in [0.1, 0.15) is 32.9 Å². The summed E-state index contributed by atoms with van der Waals surface area (Å²) in [6.45, 7) is 8.04. The minimum absolute atomic E-state index is 0.243. The molecule has 0 spiro atoms. The fourth-order valence-corrected chi connectivity index (χ4v) is 2.74. The summed E-state index contributed by atoms with van der Waals surface area (Å²) in [6.07, 6.45) is -2.00. The fourth-order valence-electron chi connectivity index (χ4n) is 2.74. The summed E-state index contributed by atoms with van der Waals surface area (Å²) in [5, 5.41) is 3.49. The summed E-state index contributed by atoms with van der Waals surface area (Å²) in [4.78, 5) is 5.69. The first-order valence-electron chi connectivity index (χ1n) is 7.30. The Balaban J connectivity index is 2.11. The van der Waals surface area contributed by atoms with Crippen molar-refractivity contribution in [2.75, 3.05) is 18.0 Å². The van der Waals surface area contributed by atoms with E-state index in [-0.39, 0.29) is 6.04 Å². The van der Waals surface area contributed by atoms with Crippen LogP contribution in [0.2, 0.25) is 0 Å². The van der Waals surface area contributed by atoms with Crippen LogP contribution in [0, 0.1) is 5.92 Å². The largest absolute Gasteiger partial charge is 0.433 e. The van der Waals surface area contributed by atoms with Gasteiger partial charge in [0, 0.05) is 25.2 Å². The van der Waals surface area contributed by atoms with Gasteiger partial charge in [-0.3, -0.25) is 0 Å². The Labute approximate surface area is 123 Å². The number of nitrogens with one attached hydrogen (secondary N) is 1. The Kier molecular flexibility index (Phi) is 4.76. The summed E-state index contributed by atoms with van der Waals surface area (Å²) < 4.78 is 37.7. The highest BCUT2D eigenvalue weighted by Crippen LogP contribution is 2.29. The third-order valence-corrected chi connectivity index (χ3v) is 3.78. The van der Waals surface area contributed by atoms with Gasteiger partial charge in [0.05, 0.1) is 11.9 Å². The smallest absolute Gasteiger partial charge is 0.365 e. The molecule has 3 nitrogen and oxygen atoms in total. The number of halogens is 3. The van der Waals surface area contributed by atoms with Gasteiger partial charge in [-0.1, -0.05) is 13.8 Å². The molecule has 1 saturated heterocycles. The molecule has 1 N–H and O–H groups in total. The summed E-state index contributed by atoms with van der Waals surface area (Å²) in [5.74, 6) is 0.587. The summed E-state index contributed by atoms with van der Waals surface area (Å²) in [5.41, 5.74) is -0.0847. The maximum Gasteiger partial charge on any atom is 0.433 e. The van der Waals surface area contributed by atoms with Crippen molar-refractivity contribution in [3.8, 4) is 0 Å². The van der Waals surface area contributed by atoms with Crippen molar-refractivity contribution in [3.63, 3.8) is 0 Å². The average Bonchev–Trinajstić information content (AvgIpc) is 2.39. The Hall–Kier alpha value is -1.30. The Bertz CT molecular complexity index is 456. The quantitative estimate of drug-likeness (QED) is 0.928. The van der Waals surface area contributed by atoms with Crippen LogP contribution in [0.5, 0.6) is 0 Å². The molecule has 0 saturated carbocycles. The molecule has 21 heavy (non-hydrogen) atoms. The summed E-state index contributed by atoms with van der Waals surface area (Å²) in [7, 11) is 0. The molecule has 0 radical (unpaired) electrons. The van der Waals surface area contributed by atoms with Gasteiger partial charge in [0.15, 0.2) is 0 Å². The molecular weight excluding hydrogens is 279 g/mol. The van der Waals surface area contributed by atoms with Crippen LogP contribution >= 0.6 is 0 Å². The van der Waals surface area contributed by atoms with Crippen molar-refractivity contribution in [2.45, 2.75) is 45.5 Å². The topological polar surface area (TPSA) is 28.2 Å². The highest BCUT2D eigenvalue weighted by molar-refractivity contribution is 5.46. The lowest BCUT2D eigenvalue weighted by molar-refractivity contribution is -0.141. The standard InChI is InChI=1S/C15H22F3N3/c1-10(2)6-12-9-21(11(3)7-19-12)13-4-5-14(20-8-13)15(16,17)18/h4-5,8,10-12,19H,6-7,9H2,1-3H3. The van der Waals surface area contributed by atoms with Crippen LogP contribution in [0.25, 0.3) is 0 Å². The van der Waals surface area contributed by atoms with Crippen LogP contribution in [0.3, 0.4) is 0 Å². The molecule has 2 rings (SSSR count). The van der Waals surface area contributed by atoms with Crippen LogP contribution in [-0.2, 0) is 6.18 Å². The van der Waals surface area contributed by atoms with Crippen molar-refractivity contribution in [3.05, 3.63) is 24.0 Å². The van der Waals surface area contributed by atoms with Gasteiger partial charge in [-0.25, -0.2) is 4.98 Å². The van der Waals surface area contributed by atoms with E-state index in [9.17, 15) is 13.2 Å². The van der Waals surface area contributed by atoms with E-state index in [0.717, 1.165) is 31.3 Å². The first-order chi connectivity index (χ1) is 9.77. The van der Waals surface area contributed by atoms with Crippen molar-refractivity contribution in [1.29, 1.82) is 0 Å². The molecule has 1 fully saturated rings.